The number of urea groups is 2. The predicted octanol–water partition coefficient (Wildman–Crippen LogP) is 6.08. The summed E-state index contributed by atoms with van der Waals surface area (Å²) in [4.78, 5) is 38.5. The Morgan fingerprint density at radius 3 is 2.25 bits per heavy atom. The Hall–Kier alpha value is -6.43. The number of fused-ring (bicyclic) bond motifs is 3. The first kappa shape index (κ1) is 34.0. The van der Waals surface area contributed by atoms with E-state index in [2.05, 4.69) is 38.8 Å². The SMILES string of the molecule is CNC(=O)N1CCOc2ccc(-c3nc(N)cc(C=N)c3/C=C\CCNC(=O)N3CCOc4ccc(-c5nccc6ccccc56)cc4C3)cc2C1. The van der Waals surface area contributed by atoms with Crippen molar-refractivity contribution in [3.8, 4) is 34.0 Å². The zero-order chi connectivity index (χ0) is 36.0. The van der Waals surface area contributed by atoms with Crippen molar-refractivity contribution >= 4 is 40.9 Å². The molecule has 0 aliphatic carbocycles. The Labute approximate surface area is 301 Å². The van der Waals surface area contributed by atoms with Crippen LogP contribution < -0.4 is 25.8 Å². The van der Waals surface area contributed by atoms with Gasteiger partial charge in [0.15, 0.2) is 0 Å². The van der Waals surface area contributed by atoms with Crippen LogP contribution in [0.1, 0.15) is 28.7 Å². The van der Waals surface area contributed by atoms with Gasteiger partial charge < -0.3 is 41.1 Å². The molecule has 3 aromatic carbocycles. The molecule has 12 heteroatoms. The van der Waals surface area contributed by atoms with E-state index in [1.54, 1.807) is 22.9 Å². The van der Waals surface area contributed by atoms with Gasteiger partial charge in [-0.15, -0.1) is 0 Å². The number of nitrogens with two attached hydrogens (primary N) is 1. The molecular formula is C40H40N8O4. The van der Waals surface area contributed by atoms with Crippen molar-refractivity contribution < 1.29 is 19.1 Å². The van der Waals surface area contributed by atoms with Gasteiger partial charge in [-0.05, 0) is 60.3 Å². The van der Waals surface area contributed by atoms with Crippen molar-refractivity contribution in [2.45, 2.75) is 19.5 Å². The first-order valence-electron chi connectivity index (χ1n) is 17.2. The molecule has 4 heterocycles. The number of rotatable bonds is 7. The van der Waals surface area contributed by atoms with Gasteiger partial charge in [-0.3, -0.25) is 4.98 Å². The predicted molar refractivity (Wildman–Crippen MR) is 202 cm³/mol. The zero-order valence-electron chi connectivity index (χ0n) is 28.9. The molecule has 0 fully saturated rings. The molecule has 0 spiro atoms. The van der Waals surface area contributed by atoms with Crippen molar-refractivity contribution in [2.24, 2.45) is 0 Å². The third-order valence-electron chi connectivity index (χ3n) is 9.23. The van der Waals surface area contributed by atoms with Crippen LogP contribution in [0.5, 0.6) is 11.5 Å². The fraction of sp³-hybridized carbons (Fsp3) is 0.225. The summed E-state index contributed by atoms with van der Waals surface area (Å²) in [6.45, 7) is 2.89. The Morgan fingerprint density at radius 2 is 1.56 bits per heavy atom. The van der Waals surface area contributed by atoms with E-state index in [1.807, 2.05) is 66.9 Å². The van der Waals surface area contributed by atoms with Crippen molar-refractivity contribution in [3.05, 3.63) is 107 Å². The third-order valence-corrected chi connectivity index (χ3v) is 9.23. The quantitative estimate of drug-likeness (QED) is 0.119. The summed E-state index contributed by atoms with van der Waals surface area (Å²) in [5, 5.41) is 16.0. The van der Waals surface area contributed by atoms with Crippen LogP contribution in [0, 0.1) is 5.41 Å². The fourth-order valence-electron chi connectivity index (χ4n) is 6.62. The van der Waals surface area contributed by atoms with Gasteiger partial charge in [0.25, 0.3) is 0 Å². The number of benzene rings is 3. The number of anilines is 1. The third kappa shape index (κ3) is 7.22. The van der Waals surface area contributed by atoms with E-state index in [0.29, 0.717) is 75.2 Å². The number of hydrogen-bond donors (Lipinski definition) is 4. The van der Waals surface area contributed by atoms with Gasteiger partial charge >= 0.3 is 12.1 Å². The summed E-state index contributed by atoms with van der Waals surface area (Å²) in [5.74, 6) is 1.77. The largest absolute Gasteiger partial charge is 0.491 e. The van der Waals surface area contributed by atoms with Crippen LogP contribution in [0.25, 0.3) is 39.4 Å². The molecule has 2 aliphatic rings. The highest BCUT2D eigenvalue weighted by atomic mass is 16.5. The molecule has 0 bridgehead atoms. The smallest absolute Gasteiger partial charge is 0.317 e. The lowest BCUT2D eigenvalue weighted by Gasteiger charge is -2.20. The summed E-state index contributed by atoms with van der Waals surface area (Å²) in [5.41, 5.74) is 12.5. The Balaban J connectivity index is 1.03. The van der Waals surface area contributed by atoms with Crippen molar-refractivity contribution in [1.29, 1.82) is 5.41 Å². The first-order chi connectivity index (χ1) is 25.4. The first-order valence-corrected chi connectivity index (χ1v) is 17.2. The highest BCUT2D eigenvalue weighted by molar-refractivity contribution is 5.94. The summed E-state index contributed by atoms with van der Waals surface area (Å²) >= 11 is 0. The summed E-state index contributed by atoms with van der Waals surface area (Å²) in [7, 11) is 1.61. The summed E-state index contributed by atoms with van der Waals surface area (Å²) in [6, 6.07) is 23.3. The molecule has 5 N–H and O–H groups in total. The molecule has 0 radical (unpaired) electrons. The lowest BCUT2D eigenvalue weighted by atomic mass is 9.98. The van der Waals surface area contributed by atoms with Crippen molar-refractivity contribution in [2.75, 3.05) is 45.6 Å². The number of carbonyl (C=O) groups excluding carboxylic acids is 2. The van der Waals surface area contributed by atoms with Crippen LogP contribution in [-0.4, -0.2) is 77.9 Å². The van der Waals surface area contributed by atoms with E-state index >= 15 is 0 Å². The van der Waals surface area contributed by atoms with E-state index in [-0.39, 0.29) is 12.1 Å². The van der Waals surface area contributed by atoms with E-state index < -0.39 is 0 Å². The molecule has 264 valence electrons. The molecule has 0 saturated carbocycles. The maximum Gasteiger partial charge on any atom is 0.317 e. The number of hydrogen-bond acceptors (Lipinski definition) is 8. The minimum atomic E-state index is -0.177. The van der Waals surface area contributed by atoms with Crippen LogP contribution in [0.4, 0.5) is 15.4 Å². The van der Waals surface area contributed by atoms with Crippen molar-refractivity contribution in [1.82, 2.24) is 30.4 Å². The van der Waals surface area contributed by atoms with E-state index in [9.17, 15) is 9.59 Å². The molecule has 0 unspecified atom stereocenters. The molecule has 7 rings (SSSR count). The zero-order valence-corrected chi connectivity index (χ0v) is 28.9. The standard InChI is InChI=1S/C40H40N8O4/c1-43-39(49)47-16-18-51-35-12-10-28(21-31(35)24-47)38-33(29(23-41)22-36(42)46-38)8-4-5-14-45-40(50)48-17-19-52-34-11-9-27(20-30(34)25-48)37-32-7-3-2-6-26(32)13-15-44-37/h2-4,6-13,15,20-23,41H,5,14,16-19,24-25H2,1H3,(H2,42,46)(H,43,49)(H,45,50)/b8-4-,41-23?. The van der Waals surface area contributed by atoms with E-state index in [4.69, 9.17) is 20.6 Å². The van der Waals surface area contributed by atoms with Gasteiger partial charge in [0.2, 0.25) is 0 Å². The molecule has 0 saturated heterocycles. The van der Waals surface area contributed by atoms with Crippen LogP contribution in [0.3, 0.4) is 0 Å². The summed E-state index contributed by atoms with van der Waals surface area (Å²) < 4.78 is 11.9. The molecule has 0 atom stereocenters. The second-order valence-corrected chi connectivity index (χ2v) is 12.6. The fourth-order valence-corrected chi connectivity index (χ4v) is 6.62. The topological polar surface area (TPSA) is 159 Å². The molecule has 12 nitrogen and oxygen atoms in total. The average Bonchev–Trinajstić information content (AvgIpc) is 3.53. The van der Waals surface area contributed by atoms with E-state index in [1.165, 1.54) is 6.21 Å². The number of pyridine rings is 2. The molecule has 5 aromatic rings. The van der Waals surface area contributed by atoms with Gasteiger partial charge in [-0.25, -0.2) is 14.6 Å². The Morgan fingerprint density at radius 1 is 0.885 bits per heavy atom. The van der Waals surface area contributed by atoms with E-state index in [0.717, 1.165) is 50.0 Å². The molecule has 2 aliphatic heterocycles. The number of carbonyl (C=O) groups is 2. The monoisotopic (exact) mass is 696 g/mol. The van der Waals surface area contributed by atoms with Crippen LogP contribution in [0.2, 0.25) is 0 Å². The van der Waals surface area contributed by atoms with Gasteiger partial charge in [0.05, 0.1) is 37.6 Å². The number of nitrogen functional groups attached to an aromatic ring is 1. The normalized spacial score (nSPS) is 14.0. The van der Waals surface area contributed by atoms with Crippen molar-refractivity contribution in [3.63, 3.8) is 0 Å². The molecular weight excluding hydrogens is 656 g/mol. The molecule has 2 aromatic heterocycles. The summed E-state index contributed by atoms with van der Waals surface area (Å²) in [6.07, 6.45) is 7.48. The number of amides is 4. The number of nitrogens with zero attached hydrogens (tertiary/aromatic N) is 4. The number of aromatic nitrogens is 2. The van der Waals surface area contributed by atoms with Gasteiger partial charge in [-0.1, -0.05) is 36.4 Å². The second-order valence-electron chi connectivity index (χ2n) is 12.6. The lowest BCUT2D eigenvalue weighted by Crippen LogP contribution is -2.40. The highest BCUT2D eigenvalue weighted by Crippen LogP contribution is 2.34. The minimum absolute atomic E-state index is 0.174. The average molecular weight is 697 g/mol. The van der Waals surface area contributed by atoms with Gasteiger partial charge in [-0.2, -0.15) is 0 Å². The number of nitrogens with one attached hydrogen (secondary N) is 3. The van der Waals surface area contributed by atoms with Crippen LogP contribution in [-0.2, 0) is 13.1 Å². The van der Waals surface area contributed by atoms with Gasteiger partial charge in [0.1, 0.15) is 30.5 Å². The van der Waals surface area contributed by atoms with Crippen LogP contribution in [0.15, 0.2) is 85.1 Å². The van der Waals surface area contributed by atoms with Crippen LogP contribution >= 0.6 is 0 Å². The second kappa shape index (κ2) is 15.2. The molecule has 4 amide bonds. The molecule has 52 heavy (non-hydrogen) atoms. The highest BCUT2D eigenvalue weighted by Gasteiger charge is 2.22. The lowest BCUT2D eigenvalue weighted by molar-refractivity contribution is 0.188. The van der Waals surface area contributed by atoms with Gasteiger partial charge in [0, 0.05) is 64.8 Å². The minimum Gasteiger partial charge on any atom is -0.491 e. The maximum absolute atomic E-state index is 13.4. The maximum atomic E-state index is 13.4. The Bertz CT molecular complexity index is 2180. The Kier molecular flexibility index (Phi) is 9.96. The number of ether oxygens (including phenoxy) is 2.